The van der Waals surface area contributed by atoms with E-state index in [1.54, 1.807) is 21.1 Å². The molecule has 9 heavy (non-hydrogen) atoms. The molecule has 0 bridgehead atoms. The first kappa shape index (κ1) is 8.84. The van der Waals surface area contributed by atoms with Gasteiger partial charge in [0.15, 0.2) is 0 Å². The van der Waals surface area contributed by atoms with Crippen molar-refractivity contribution < 1.29 is 5.11 Å². The van der Waals surface area contributed by atoms with Gasteiger partial charge in [0.05, 0.1) is 0 Å². The highest BCUT2D eigenvalue weighted by molar-refractivity contribution is 4.86. The minimum absolute atomic E-state index is 0.625. The molecule has 0 rings (SSSR count). The first-order valence-electron chi connectivity index (χ1n) is 2.84. The second-order valence-corrected chi connectivity index (χ2v) is 1.60. The van der Waals surface area contributed by atoms with Gasteiger partial charge in [-0.3, -0.25) is 16.0 Å². The lowest BCUT2D eigenvalue weighted by Crippen LogP contribution is -2.45. The van der Waals surface area contributed by atoms with Crippen molar-refractivity contribution in [3.63, 3.8) is 0 Å². The van der Waals surface area contributed by atoms with Crippen molar-refractivity contribution in [2.75, 3.05) is 21.1 Å². The average molecular weight is 132 g/mol. The number of rotatable bonds is 4. The third-order valence-corrected chi connectivity index (χ3v) is 1.09. The van der Waals surface area contributed by atoms with Crippen molar-refractivity contribution in [3.8, 4) is 0 Å². The summed E-state index contributed by atoms with van der Waals surface area (Å²) in [5.41, 5.74) is 0. The zero-order valence-corrected chi connectivity index (χ0v) is 6.02. The Hall–Kier alpha value is -0.160. The van der Waals surface area contributed by atoms with Crippen LogP contribution in [0.1, 0.15) is 0 Å². The van der Waals surface area contributed by atoms with E-state index in [0.717, 1.165) is 0 Å². The molecule has 0 aliphatic carbocycles. The van der Waals surface area contributed by atoms with Crippen LogP contribution in [0.5, 0.6) is 0 Å². The molecule has 0 heterocycles. The molecule has 1 atom stereocenters. The summed E-state index contributed by atoms with van der Waals surface area (Å²) in [7, 11) is 5.16. The van der Waals surface area contributed by atoms with Gasteiger partial charge in [0, 0.05) is 0 Å². The fraction of sp³-hybridized carbons (Fsp3) is 0.800. The van der Waals surface area contributed by atoms with Crippen molar-refractivity contribution in [1.29, 1.82) is 0 Å². The monoisotopic (exact) mass is 132 g/mol. The maximum Gasteiger partial charge on any atom is 0.145 e. The number of hydrogen-bond donors (Lipinski definition) is 4. The molecule has 0 amide bonds. The Morgan fingerprint density at radius 3 is 1.78 bits per heavy atom. The molecule has 0 spiro atoms. The van der Waals surface area contributed by atoms with Crippen LogP contribution < -0.4 is 16.0 Å². The number of nitrogens with one attached hydrogen (secondary N) is 3. The Morgan fingerprint density at radius 1 is 1.22 bits per heavy atom. The first-order chi connectivity index (χ1) is 4.26. The predicted octanol–water partition coefficient (Wildman–Crippen LogP) is -1.55. The Labute approximate surface area is 55.6 Å². The summed E-state index contributed by atoms with van der Waals surface area (Å²) < 4.78 is 0. The highest BCUT2D eigenvalue weighted by atomic mass is 16.3. The van der Waals surface area contributed by atoms with Gasteiger partial charge in [-0.2, -0.15) is 0 Å². The summed E-state index contributed by atoms with van der Waals surface area (Å²) in [6.07, 6.45) is 0.0394. The van der Waals surface area contributed by atoms with E-state index in [1.165, 1.54) is 0 Å². The standard InChI is InChI=1S/C5H14N3O/c1-6-4(7-2)5(9)8-3/h5-9H,1-3H3. The van der Waals surface area contributed by atoms with Crippen LogP contribution in [-0.4, -0.2) is 32.5 Å². The molecule has 0 aromatic heterocycles. The van der Waals surface area contributed by atoms with Crippen LogP contribution in [0.25, 0.3) is 0 Å². The molecule has 4 nitrogen and oxygen atoms in total. The van der Waals surface area contributed by atoms with E-state index in [4.69, 9.17) is 5.11 Å². The lowest BCUT2D eigenvalue weighted by atomic mass is 10.4. The van der Waals surface area contributed by atoms with E-state index in [1.807, 2.05) is 0 Å². The molecule has 0 saturated heterocycles. The lowest BCUT2D eigenvalue weighted by molar-refractivity contribution is 0.139. The fourth-order valence-electron chi connectivity index (χ4n) is 0.543. The van der Waals surface area contributed by atoms with E-state index in [-0.39, 0.29) is 0 Å². The summed E-state index contributed by atoms with van der Waals surface area (Å²) in [5, 5.41) is 17.3. The Morgan fingerprint density at radius 2 is 1.67 bits per heavy atom. The Balaban J connectivity index is 3.50. The molecular weight excluding hydrogens is 118 g/mol. The highest BCUT2D eigenvalue weighted by Crippen LogP contribution is 1.89. The van der Waals surface area contributed by atoms with Crippen molar-refractivity contribution in [2.45, 2.75) is 6.23 Å². The predicted molar refractivity (Wildman–Crippen MR) is 36.4 cm³/mol. The van der Waals surface area contributed by atoms with Gasteiger partial charge in [-0.05, 0) is 21.1 Å². The van der Waals surface area contributed by atoms with Gasteiger partial charge in [-0.25, -0.2) is 0 Å². The summed E-state index contributed by atoms with van der Waals surface area (Å²) in [6.45, 7) is 0. The maximum atomic E-state index is 9.04. The number of aliphatic hydroxyl groups is 1. The summed E-state index contributed by atoms with van der Waals surface area (Å²) in [4.78, 5) is 0. The third kappa shape index (κ3) is 2.76. The van der Waals surface area contributed by atoms with E-state index < -0.39 is 6.23 Å². The average Bonchev–Trinajstić information content (AvgIpc) is 1.90. The van der Waals surface area contributed by atoms with Crippen LogP contribution >= 0.6 is 0 Å². The van der Waals surface area contributed by atoms with E-state index >= 15 is 0 Å². The van der Waals surface area contributed by atoms with E-state index in [0.29, 0.717) is 6.17 Å². The zero-order chi connectivity index (χ0) is 7.28. The number of aliphatic hydroxyl groups excluding tert-OH is 1. The minimum Gasteiger partial charge on any atom is -0.375 e. The van der Waals surface area contributed by atoms with Crippen LogP contribution in [0.3, 0.4) is 0 Å². The summed E-state index contributed by atoms with van der Waals surface area (Å²) >= 11 is 0. The van der Waals surface area contributed by atoms with Gasteiger partial charge in [-0.15, -0.1) is 0 Å². The topological polar surface area (TPSA) is 56.3 Å². The second-order valence-electron chi connectivity index (χ2n) is 1.60. The number of likely N-dealkylation sites (N-methyl/N-ethyl adjacent to an activating group) is 3. The fourth-order valence-corrected chi connectivity index (χ4v) is 0.543. The molecule has 0 fully saturated rings. The van der Waals surface area contributed by atoms with Crippen LogP contribution in [0, 0.1) is 6.17 Å². The van der Waals surface area contributed by atoms with Gasteiger partial charge in [0.25, 0.3) is 0 Å². The second kappa shape index (κ2) is 4.69. The van der Waals surface area contributed by atoms with E-state index in [2.05, 4.69) is 16.0 Å². The summed E-state index contributed by atoms with van der Waals surface area (Å²) in [6, 6.07) is 0. The van der Waals surface area contributed by atoms with E-state index in [9.17, 15) is 0 Å². The highest BCUT2D eigenvalue weighted by Gasteiger charge is 2.12. The van der Waals surface area contributed by atoms with Gasteiger partial charge >= 0.3 is 0 Å². The molecular formula is C5H14N3O. The normalized spacial score (nSPS) is 14.3. The van der Waals surface area contributed by atoms with Crippen molar-refractivity contribution in [1.82, 2.24) is 16.0 Å². The quantitative estimate of drug-likeness (QED) is 0.350. The molecule has 0 aliphatic rings. The van der Waals surface area contributed by atoms with Gasteiger partial charge in [0.1, 0.15) is 12.4 Å². The molecule has 0 saturated carbocycles. The molecule has 1 radical (unpaired) electrons. The van der Waals surface area contributed by atoms with Gasteiger partial charge < -0.3 is 5.11 Å². The third-order valence-electron chi connectivity index (χ3n) is 1.09. The van der Waals surface area contributed by atoms with Crippen LogP contribution in [0.2, 0.25) is 0 Å². The lowest BCUT2D eigenvalue weighted by Gasteiger charge is -2.18. The SMILES string of the molecule is CN[C](NC)C(O)NC. The first-order valence-corrected chi connectivity index (χ1v) is 2.84. The number of hydrogen-bond acceptors (Lipinski definition) is 4. The minimum atomic E-state index is -0.625. The summed E-state index contributed by atoms with van der Waals surface area (Å²) in [5.74, 6) is 0. The Bertz CT molecular complexity index is 65.2. The Kier molecular flexibility index (Phi) is 4.61. The largest absolute Gasteiger partial charge is 0.375 e. The van der Waals surface area contributed by atoms with Gasteiger partial charge in [-0.1, -0.05) is 0 Å². The molecule has 4 N–H and O–H groups in total. The van der Waals surface area contributed by atoms with Crippen molar-refractivity contribution >= 4 is 0 Å². The van der Waals surface area contributed by atoms with Crippen LogP contribution in [0.4, 0.5) is 0 Å². The van der Waals surface area contributed by atoms with Crippen molar-refractivity contribution in [3.05, 3.63) is 6.17 Å². The molecule has 4 heteroatoms. The smallest absolute Gasteiger partial charge is 0.145 e. The van der Waals surface area contributed by atoms with Crippen LogP contribution in [0.15, 0.2) is 0 Å². The van der Waals surface area contributed by atoms with Crippen LogP contribution in [-0.2, 0) is 0 Å². The molecule has 0 aromatic carbocycles. The zero-order valence-electron chi connectivity index (χ0n) is 6.02. The molecule has 55 valence electrons. The van der Waals surface area contributed by atoms with Gasteiger partial charge in [0.2, 0.25) is 0 Å². The molecule has 0 aromatic rings. The molecule has 1 unspecified atom stereocenters. The van der Waals surface area contributed by atoms with Crippen molar-refractivity contribution in [2.24, 2.45) is 0 Å². The molecule has 0 aliphatic heterocycles. The maximum absolute atomic E-state index is 9.04.